The van der Waals surface area contributed by atoms with Crippen molar-refractivity contribution >= 4 is 33.6 Å². The summed E-state index contributed by atoms with van der Waals surface area (Å²) >= 11 is 1.61. The average Bonchev–Trinajstić information content (AvgIpc) is 2.98. The van der Waals surface area contributed by atoms with Crippen LogP contribution in [0.4, 0.5) is 8.78 Å². The molecule has 2 heterocycles. The van der Waals surface area contributed by atoms with Crippen LogP contribution in [0, 0.1) is 11.6 Å². The van der Waals surface area contributed by atoms with Gasteiger partial charge in [0.25, 0.3) is 0 Å². The third-order valence-corrected chi connectivity index (χ3v) is 5.14. The van der Waals surface area contributed by atoms with E-state index in [1.54, 1.807) is 23.9 Å². The van der Waals surface area contributed by atoms with Gasteiger partial charge in [0.15, 0.2) is 0 Å². The molecule has 0 aliphatic heterocycles. The largest absolute Gasteiger partial charge is 0.349 e. The van der Waals surface area contributed by atoms with Crippen molar-refractivity contribution in [2.75, 3.05) is 0 Å². The van der Waals surface area contributed by atoms with Crippen molar-refractivity contribution < 1.29 is 8.78 Å². The molecular formula is C18H14F2N2S. The van der Waals surface area contributed by atoms with Crippen LogP contribution < -0.4 is 0 Å². The lowest BCUT2D eigenvalue weighted by Gasteiger charge is -1.99. The molecule has 0 amide bonds. The third-order valence-electron chi connectivity index (χ3n) is 4.05. The first kappa shape index (κ1) is 14.3. The summed E-state index contributed by atoms with van der Waals surface area (Å²) in [5.41, 5.74) is 1.72. The highest BCUT2D eigenvalue weighted by Gasteiger charge is 2.13. The second-order valence-corrected chi connectivity index (χ2v) is 6.72. The van der Waals surface area contributed by atoms with E-state index < -0.39 is 0 Å². The van der Waals surface area contributed by atoms with E-state index in [-0.39, 0.29) is 11.6 Å². The van der Waals surface area contributed by atoms with Gasteiger partial charge < -0.3 is 9.13 Å². The number of aryl methyl sites for hydroxylation is 2. The van der Waals surface area contributed by atoms with E-state index in [0.29, 0.717) is 0 Å². The maximum absolute atomic E-state index is 13.4. The highest BCUT2D eigenvalue weighted by Crippen LogP contribution is 2.39. The Kier molecular flexibility index (Phi) is 3.20. The van der Waals surface area contributed by atoms with Gasteiger partial charge in [-0.05, 0) is 36.4 Å². The summed E-state index contributed by atoms with van der Waals surface area (Å²) in [5.74, 6) is -0.480. The van der Waals surface area contributed by atoms with Crippen LogP contribution in [-0.2, 0) is 14.1 Å². The van der Waals surface area contributed by atoms with Gasteiger partial charge >= 0.3 is 0 Å². The number of hydrogen-bond acceptors (Lipinski definition) is 1. The molecule has 0 atom stereocenters. The lowest BCUT2D eigenvalue weighted by atomic mass is 10.2. The van der Waals surface area contributed by atoms with Crippen molar-refractivity contribution in [3.8, 4) is 0 Å². The maximum atomic E-state index is 13.4. The molecule has 0 saturated carbocycles. The Hall–Kier alpha value is -2.27. The lowest BCUT2D eigenvalue weighted by molar-refractivity contribution is 0.628. The van der Waals surface area contributed by atoms with E-state index in [1.807, 2.05) is 35.6 Å². The smallest absolute Gasteiger partial charge is 0.125 e. The highest BCUT2D eigenvalue weighted by molar-refractivity contribution is 7.99. The second-order valence-electron chi connectivity index (χ2n) is 5.63. The standard InChI is InChI=1S/C18H14F2N2S/c1-21-9-17(13-5-3-11(19)7-15(13)21)23-18-10-22(2)16-8-12(20)4-6-14(16)18/h3-10H,1-2H3. The first-order valence-electron chi connectivity index (χ1n) is 7.20. The fourth-order valence-electron chi connectivity index (χ4n) is 2.92. The molecule has 23 heavy (non-hydrogen) atoms. The van der Waals surface area contributed by atoms with E-state index in [0.717, 1.165) is 31.6 Å². The van der Waals surface area contributed by atoms with Gasteiger partial charge in [-0.2, -0.15) is 0 Å². The lowest BCUT2D eigenvalue weighted by Crippen LogP contribution is -1.83. The molecule has 0 bridgehead atoms. The Morgan fingerprint density at radius 1 is 0.739 bits per heavy atom. The van der Waals surface area contributed by atoms with E-state index in [1.165, 1.54) is 24.3 Å². The SMILES string of the molecule is Cn1cc(Sc2cn(C)c3cc(F)ccc23)c2ccc(F)cc21. The van der Waals surface area contributed by atoms with Crippen LogP contribution in [0.3, 0.4) is 0 Å². The summed E-state index contributed by atoms with van der Waals surface area (Å²) in [6.45, 7) is 0. The number of aromatic nitrogens is 2. The first-order chi connectivity index (χ1) is 11.0. The van der Waals surface area contributed by atoms with Gasteiger partial charge in [-0.15, -0.1) is 0 Å². The van der Waals surface area contributed by atoms with Gasteiger partial charge in [0, 0.05) is 47.1 Å². The average molecular weight is 328 g/mol. The van der Waals surface area contributed by atoms with Crippen LogP contribution in [-0.4, -0.2) is 9.13 Å². The fraction of sp³-hybridized carbons (Fsp3) is 0.111. The van der Waals surface area contributed by atoms with Gasteiger partial charge in [-0.1, -0.05) is 11.8 Å². The summed E-state index contributed by atoms with van der Waals surface area (Å²) in [4.78, 5) is 2.11. The normalized spacial score (nSPS) is 11.7. The Morgan fingerprint density at radius 3 is 1.61 bits per heavy atom. The molecule has 0 fully saturated rings. The van der Waals surface area contributed by atoms with Crippen LogP contribution in [0.2, 0.25) is 0 Å². The molecule has 116 valence electrons. The van der Waals surface area contributed by atoms with Crippen LogP contribution in [0.1, 0.15) is 0 Å². The molecular weight excluding hydrogens is 314 g/mol. The van der Waals surface area contributed by atoms with E-state index in [4.69, 9.17) is 0 Å². The highest BCUT2D eigenvalue weighted by atomic mass is 32.2. The minimum atomic E-state index is -0.240. The molecule has 0 N–H and O–H groups in total. The van der Waals surface area contributed by atoms with E-state index in [9.17, 15) is 8.78 Å². The number of halogens is 2. The van der Waals surface area contributed by atoms with Gasteiger partial charge in [-0.3, -0.25) is 0 Å². The molecule has 4 aromatic rings. The first-order valence-corrected chi connectivity index (χ1v) is 8.01. The summed E-state index contributed by atoms with van der Waals surface area (Å²) in [7, 11) is 3.81. The predicted molar refractivity (Wildman–Crippen MR) is 89.9 cm³/mol. The minimum Gasteiger partial charge on any atom is -0.349 e. The van der Waals surface area contributed by atoms with E-state index in [2.05, 4.69) is 0 Å². The molecule has 0 spiro atoms. The van der Waals surface area contributed by atoms with Crippen molar-refractivity contribution in [1.82, 2.24) is 9.13 Å². The Balaban J connectivity index is 1.85. The predicted octanol–water partition coefficient (Wildman–Crippen LogP) is 5.10. The molecule has 2 nitrogen and oxygen atoms in total. The Labute approximate surface area is 136 Å². The summed E-state index contributed by atoms with van der Waals surface area (Å²) < 4.78 is 30.7. The van der Waals surface area contributed by atoms with Crippen molar-refractivity contribution in [3.05, 3.63) is 60.4 Å². The molecule has 5 heteroatoms. The third kappa shape index (κ3) is 2.32. The monoisotopic (exact) mass is 328 g/mol. The molecule has 0 aliphatic rings. The number of rotatable bonds is 2. The zero-order valence-electron chi connectivity index (χ0n) is 12.7. The van der Waals surface area contributed by atoms with Crippen molar-refractivity contribution in [1.29, 1.82) is 0 Å². The van der Waals surface area contributed by atoms with Crippen LogP contribution >= 0.6 is 11.8 Å². The van der Waals surface area contributed by atoms with Gasteiger partial charge in [0.1, 0.15) is 11.6 Å². The van der Waals surface area contributed by atoms with Crippen molar-refractivity contribution in [2.45, 2.75) is 9.79 Å². The Bertz CT molecular complexity index is 962. The molecule has 0 unspecified atom stereocenters. The fourth-order valence-corrected chi connectivity index (χ4v) is 4.14. The quantitative estimate of drug-likeness (QED) is 0.498. The van der Waals surface area contributed by atoms with Crippen molar-refractivity contribution in [3.63, 3.8) is 0 Å². The zero-order chi connectivity index (χ0) is 16.1. The second kappa shape index (κ2) is 5.13. The topological polar surface area (TPSA) is 9.86 Å². The maximum Gasteiger partial charge on any atom is 0.125 e. The molecule has 2 aromatic heterocycles. The number of fused-ring (bicyclic) bond motifs is 2. The molecule has 4 rings (SSSR count). The molecule has 0 radical (unpaired) electrons. The van der Waals surface area contributed by atoms with Gasteiger partial charge in [0.05, 0.1) is 11.0 Å². The van der Waals surface area contributed by atoms with Crippen molar-refractivity contribution in [2.24, 2.45) is 14.1 Å². The summed E-state index contributed by atoms with van der Waals surface area (Å²) in [5, 5.41) is 2.02. The molecule has 0 saturated heterocycles. The van der Waals surface area contributed by atoms with E-state index >= 15 is 0 Å². The zero-order valence-corrected chi connectivity index (χ0v) is 13.5. The molecule has 2 aromatic carbocycles. The van der Waals surface area contributed by atoms with Crippen LogP contribution in [0.5, 0.6) is 0 Å². The number of hydrogen-bond donors (Lipinski definition) is 0. The van der Waals surface area contributed by atoms with Crippen LogP contribution in [0.15, 0.2) is 58.6 Å². The van der Waals surface area contributed by atoms with Crippen LogP contribution in [0.25, 0.3) is 21.8 Å². The number of nitrogens with zero attached hydrogens (tertiary/aromatic N) is 2. The Morgan fingerprint density at radius 2 is 1.17 bits per heavy atom. The summed E-state index contributed by atoms with van der Waals surface area (Å²) in [6.07, 6.45) is 3.99. The number of benzene rings is 2. The molecule has 0 aliphatic carbocycles. The van der Waals surface area contributed by atoms with Gasteiger partial charge in [-0.25, -0.2) is 8.78 Å². The minimum absolute atomic E-state index is 0.240. The van der Waals surface area contributed by atoms with Gasteiger partial charge in [0.2, 0.25) is 0 Å². The summed E-state index contributed by atoms with van der Waals surface area (Å²) in [6, 6.07) is 9.64.